The summed E-state index contributed by atoms with van der Waals surface area (Å²) in [4.78, 5) is 0. The lowest BCUT2D eigenvalue weighted by molar-refractivity contribution is 0.364. The van der Waals surface area contributed by atoms with Gasteiger partial charge in [-0.2, -0.15) is 0 Å². The summed E-state index contributed by atoms with van der Waals surface area (Å²) in [6, 6.07) is 0. The van der Waals surface area contributed by atoms with Crippen molar-refractivity contribution in [3.63, 3.8) is 0 Å². The van der Waals surface area contributed by atoms with Crippen LogP contribution in [0.2, 0.25) is 0 Å². The summed E-state index contributed by atoms with van der Waals surface area (Å²) in [5.74, 6) is 0.282. The molecule has 0 heterocycles. The molecule has 0 saturated carbocycles. The van der Waals surface area contributed by atoms with Crippen LogP contribution in [0.1, 0.15) is 68.2 Å². The molecule has 13 heavy (non-hydrogen) atoms. The van der Waals surface area contributed by atoms with Crippen molar-refractivity contribution in [1.82, 2.24) is 0 Å². The van der Waals surface area contributed by atoms with Crippen LogP contribution in [-0.2, 0) is 0 Å². The van der Waals surface area contributed by atoms with Crippen molar-refractivity contribution in [2.45, 2.75) is 68.2 Å². The van der Waals surface area contributed by atoms with E-state index in [1.165, 1.54) is 0 Å². The fraction of sp³-hybridized carbons (Fsp3) is 1.00. The van der Waals surface area contributed by atoms with Crippen LogP contribution in [0.25, 0.3) is 0 Å². The molecular formula is C12H31F. The van der Waals surface area contributed by atoms with Crippen LogP contribution in [0.3, 0.4) is 0 Å². The fourth-order valence-corrected chi connectivity index (χ4v) is 0.570. The molecule has 86 valence electrons. The molecule has 0 spiro atoms. The highest BCUT2D eigenvalue weighted by Gasteiger charge is 1.95. The Balaban J connectivity index is -0.0000000573. The zero-order chi connectivity index (χ0) is 11.7. The summed E-state index contributed by atoms with van der Waals surface area (Å²) in [7, 11) is 0. The van der Waals surface area contributed by atoms with E-state index in [2.05, 4.69) is 6.92 Å². The van der Waals surface area contributed by atoms with E-state index in [0.717, 1.165) is 12.8 Å². The third-order valence-corrected chi connectivity index (χ3v) is 1.04. The molecule has 0 saturated heterocycles. The Morgan fingerprint density at radius 2 is 1.23 bits per heavy atom. The van der Waals surface area contributed by atoms with E-state index in [1.54, 1.807) is 0 Å². The van der Waals surface area contributed by atoms with Gasteiger partial charge < -0.3 is 0 Å². The molecule has 0 aliphatic carbocycles. The summed E-state index contributed by atoms with van der Waals surface area (Å²) < 4.78 is 11.6. The number of hydrogen-bond donors (Lipinski definition) is 0. The first-order valence-corrected chi connectivity index (χ1v) is 5.87. The van der Waals surface area contributed by atoms with E-state index in [-0.39, 0.29) is 12.6 Å². The molecule has 1 heteroatoms. The highest BCUT2D eigenvalue weighted by molar-refractivity contribution is 4.46. The maximum Gasteiger partial charge on any atom is 0.0919 e. The van der Waals surface area contributed by atoms with Gasteiger partial charge in [-0.05, 0) is 12.3 Å². The lowest BCUT2D eigenvalue weighted by atomic mass is 10.1. The number of alkyl halides is 1. The fourth-order valence-electron chi connectivity index (χ4n) is 0.570. The topological polar surface area (TPSA) is 0 Å². The Hall–Kier alpha value is -0.0700. The molecule has 0 rings (SSSR count). The molecule has 0 fully saturated rings. The summed E-state index contributed by atoms with van der Waals surface area (Å²) in [5, 5.41) is 0. The SMILES string of the molecule is CC.CC.CC.CCCC(C)CF. The summed E-state index contributed by atoms with van der Waals surface area (Å²) >= 11 is 0. The Bertz CT molecular complexity index is 36.1. The molecule has 0 aliphatic rings. The molecule has 0 N–H and O–H groups in total. The largest absolute Gasteiger partial charge is 0.251 e. The highest BCUT2D eigenvalue weighted by atomic mass is 19.1. The van der Waals surface area contributed by atoms with E-state index in [4.69, 9.17) is 0 Å². The first-order valence-electron chi connectivity index (χ1n) is 5.87. The first-order chi connectivity index (χ1) is 6.31. The molecule has 0 amide bonds. The molecule has 0 radical (unpaired) electrons. The molecule has 0 nitrogen and oxygen atoms in total. The Morgan fingerprint density at radius 3 is 1.31 bits per heavy atom. The van der Waals surface area contributed by atoms with Gasteiger partial charge in [0.25, 0.3) is 0 Å². The number of rotatable bonds is 3. The van der Waals surface area contributed by atoms with Crippen LogP contribution in [0.5, 0.6) is 0 Å². The molecule has 0 aromatic carbocycles. The molecule has 0 aromatic heterocycles. The quantitative estimate of drug-likeness (QED) is 0.559. The van der Waals surface area contributed by atoms with Gasteiger partial charge in [0.05, 0.1) is 6.67 Å². The van der Waals surface area contributed by atoms with E-state index in [0.29, 0.717) is 0 Å². The van der Waals surface area contributed by atoms with Crippen LogP contribution in [-0.4, -0.2) is 6.67 Å². The minimum atomic E-state index is -0.159. The average molecular weight is 194 g/mol. The van der Waals surface area contributed by atoms with Gasteiger partial charge in [-0.1, -0.05) is 61.8 Å². The van der Waals surface area contributed by atoms with Crippen LogP contribution >= 0.6 is 0 Å². The van der Waals surface area contributed by atoms with Crippen molar-refractivity contribution in [1.29, 1.82) is 0 Å². The minimum absolute atomic E-state index is 0.159. The van der Waals surface area contributed by atoms with Gasteiger partial charge in [0.1, 0.15) is 0 Å². The first kappa shape index (κ1) is 23.1. The predicted molar refractivity (Wildman–Crippen MR) is 64.1 cm³/mol. The predicted octanol–water partition coefficient (Wildman–Crippen LogP) is 5.47. The third-order valence-electron chi connectivity index (χ3n) is 1.04. The van der Waals surface area contributed by atoms with Crippen LogP contribution in [0, 0.1) is 5.92 Å². The zero-order valence-electron chi connectivity index (χ0n) is 11.1. The molecular weight excluding hydrogens is 163 g/mol. The Kier molecular flexibility index (Phi) is 71.9. The van der Waals surface area contributed by atoms with Crippen LogP contribution < -0.4 is 0 Å². The maximum atomic E-state index is 11.6. The van der Waals surface area contributed by atoms with Gasteiger partial charge in [0, 0.05) is 0 Å². The average Bonchev–Trinajstić information content (AvgIpc) is 2.27. The minimum Gasteiger partial charge on any atom is -0.251 e. The van der Waals surface area contributed by atoms with Gasteiger partial charge in [-0.25, -0.2) is 0 Å². The molecule has 0 aromatic rings. The maximum absolute atomic E-state index is 11.6. The zero-order valence-corrected chi connectivity index (χ0v) is 11.1. The smallest absolute Gasteiger partial charge is 0.0919 e. The van der Waals surface area contributed by atoms with E-state index in [9.17, 15) is 4.39 Å². The van der Waals surface area contributed by atoms with E-state index < -0.39 is 0 Å². The molecule has 1 unspecified atom stereocenters. The van der Waals surface area contributed by atoms with Gasteiger partial charge in [-0.3, -0.25) is 4.39 Å². The van der Waals surface area contributed by atoms with Crippen LogP contribution in [0.15, 0.2) is 0 Å². The standard InChI is InChI=1S/C6H13F.3C2H6/c1-3-4-6(2)5-7;3*1-2/h6H,3-5H2,1-2H3;3*1-2H3. The monoisotopic (exact) mass is 194 g/mol. The second-order valence-electron chi connectivity index (χ2n) is 2.05. The van der Waals surface area contributed by atoms with Gasteiger partial charge in [0.15, 0.2) is 0 Å². The molecule has 0 bridgehead atoms. The number of hydrogen-bond acceptors (Lipinski definition) is 0. The summed E-state index contributed by atoms with van der Waals surface area (Å²) in [5.41, 5.74) is 0. The van der Waals surface area contributed by atoms with Crippen molar-refractivity contribution in [2.24, 2.45) is 5.92 Å². The van der Waals surface area contributed by atoms with Crippen molar-refractivity contribution in [3.8, 4) is 0 Å². The lowest BCUT2D eigenvalue weighted by Crippen LogP contribution is -1.93. The van der Waals surface area contributed by atoms with E-state index in [1.807, 2.05) is 48.5 Å². The summed E-state index contributed by atoms with van der Waals surface area (Å²) in [6.45, 7) is 15.9. The van der Waals surface area contributed by atoms with Gasteiger partial charge >= 0.3 is 0 Å². The van der Waals surface area contributed by atoms with Crippen molar-refractivity contribution < 1.29 is 4.39 Å². The number of halogens is 1. The normalized spacial score (nSPS) is 9.00. The Morgan fingerprint density at radius 1 is 0.923 bits per heavy atom. The molecule has 1 atom stereocenters. The third kappa shape index (κ3) is 48.4. The summed E-state index contributed by atoms with van der Waals surface area (Å²) in [6.07, 6.45) is 2.13. The second kappa shape index (κ2) is 40.5. The van der Waals surface area contributed by atoms with Gasteiger partial charge in [0.2, 0.25) is 0 Å². The molecule has 0 aliphatic heterocycles. The second-order valence-corrected chi connectivity index (χ2v) is 2.05. The Labute approximate surface area is 85.9 Å². The van der Waals surface area contributed by atoms with E-state index >= 15 is 0 Å². The van der Waals surface area contributed by atoms with Crippen LogP contribution in [0.4, 0.5) is 4.39 Å². The lowest BCUT2D eigenvalue weighted by Gasteiger charge is -1.99. The highest BCUT2D eigenvalue weighted by Crippen LogP contribution is 2.03. The van der Waals surface area contributed by atoms with Gasteiger partial charge in [-0.15, -0.1) is 0 Å². The van der Waals surface area contributed by atoms with Crippen molar-refractivity contribution in [3.05, 3.63) is 0 Å². The van der Waals surface area contributed by atoms with Crippen molar-refractivity contribution in [2.75, 3.05) is 6.67 Å². The van der Waals surface area contributed by atoms with Crippen molar-refractivity contribution >= 4 is 0 Å².